The van der Waals surface area contributed by atoms with Crippen LogP contribution < -0.4 is 14.9 Å². The third kappa shape index (κ3) is 5.34. The van der Waals surface area contributed by atoms with Crippen LogP contribution in [0.2, 0.25) is 0 Å². The maximum absolute atomic E-state index is 13.3. The molecule has 1 fully saturated rings. The van der Waals surface area contributed by atoms with Gasteiger partial charge in [0.15, 0.2) is 5.76 Å². The lowest BCUT2D eigenvalue weighted by Gasteiger charge is -2.39. The lowest BCUT2D eigenvalue weighted by molar-refractivity contribution is -0.277. The Bertz CT molecular complexity index is 1360. The minimum absolute atomic E-state index is 0.110. The van der Waals surface area contributed by atoms with E-state index in [9.17, 15) is 45.0 Å². The normalized spacial score (nSPS) is 27.1. The number of carboxylic acids is 1. The van der Waals surface area contributed by atoms with E-state index in [1.54, 1.807) is 0 Å². The van der Waals surface area contributed by atoms with Crippen LogP contribution in [-0.2, 0) is 14.3 Å². The molecule has 14 nitrogen and oxygen atoms in total. The highest BCUT2D eigenvalue weighted by atomic mass is 16.7. The van der Waals surface area contributed by atoms with Gasteiger partial charge in [-0.2, -0.15) is 0 Å². The molecule has 0 amide bonds. The third-order valence-electron chi connectivity index (χ3n) is 5.80. The molecule has 4 rings (SSSR count). The number of allylic oxidation sites excluding steroid dienone is 3. The van der Waals surface area contributed by atoms with E-state index in [1.165, 1.54) is 24.6 Å². The number of phenolic OH excluding ortho intramolecular Hbond substituents is 1. The lowest BCUT2D eigenvalue weighted by Crippen LogP contribution is -2.60. The fourth-order valence-corrected chi connectivity index (χ4v) is 3.93. The van der Waals surface area contributed by atoms with E-state index < -0.39 is 83.9 Å². The maximum Gasteiger partial charge on any atom is 0.322 e. The summed E-state index contributed by atoms with van der Waals surface area (Å²) in [6.07, 6.45) is -3.66. The molecule has 14 heteroatoms. The van der Waals surface area contributed by atoms with Crippen LogP contribution in [0.15, 0.2) is 45.3 Å². The second-order valence-electron chi connectivity index (χ2n) is 8.47. The minimum Gasteiger partial charge on any atom is -0.508 e. The van der Waals surface area contributed by atoms with Crippen molar-refractivity contribution >= 4 is 22.9 Å². The van der Waals surface area contributed by atoms with Gasteiger partial charge in [0, 0.05) is 24.5 Å². The fraction of sp³-hybridized carbons (Fsp3) is 0.333. The van der Waals surface area contributed by atoms with Gasteiger partial charge in [0.2, 0.25) is 17.5 Å². The zero-order chi connectivity index (χ0) is 27.7. The van der Waals surface area contributed by atoms with Crippen molar-refractivity contribution in [2.45, 2.75) is 43.0 Å². The quantitative estimate of drug-likeness (QED) is 0.173. The summed E-state index contributed by atoms with van der Waals surface area (Å²) in [5.41, 5.74) is -1.29. The average Bonchev–Trinajstić information content (AvgIpc) is 2.85. The van der Waals surface area contributed by atoms with Crippen molar-refractivity contribution in [3.8, 4) is 17.2 Å². The third-order valence-corrected chi connectivity index (χ3v) is 5.80. The molecule has 0 spiro atoms. The Morgan fingerprint density at radius 2 is 1.79 bits per heavy atom. The van der Waals surface area contributed by atoms with Gasteiger partial charge in [0.25, 0.3) is 0 Å². The number of carbonyl (C=O) groups is 2. The monoisotopic (exact) mass is 535 g/mol. The van der Waals surface area contributed by atoms with Gasteiger partial charge in [0.05, 0.1) is 6.61 Å². The molecule has 1 radical (unpaired) electrons. The Labute approximate surface area is 212 Å². The Hall–Kier alpha value is -3.95. The Kier molecular flexibility index (Phi) is 7.71. The number of hydrogen-bond acceptors (Lipinski definition) is 13. The Balaban J connectivity index is 1.76. The second-order valence-corrected chi connectivity index (χ2v) is 8.47. The first-order chi connectivity index (χ1) is 18.0. The summed E-state index contributed by atoms with van der Waals surface area (Å²) in [5.74, 6) is -5.60. The number of esters is 1. The first-order valence-electron chi connectivity index (χ1n) is 11.2. The van der Waals surface area contributed by atoms with Crippen LogP contribution in [0.1, 0.15) is 18.1 Å². The number of aliphatic hydroxyl groups is 5. The molecule has 1 unspecified atom stereocenters. The van der Waals surface area contributed by atoms with Crippen molar-refractivity contribution in [2.24, 2.45) is 0 Å². The van der Waals surface area contributed by atoms with Gasteiger partial charge in [-0.3, -0.25) is 14.4 Å². The van der Waals surface area contributed by atoms with Crippen LogP contribution in [0.5, 0.6) is 17.2 Å². The van der Waals surface area contributed by atoms with Gasteiger partial charge < -0.3 is 54.4 Å². The van der Waals surface area contributed by atoms with Crippen molar-refractivity contribution in [1.29, 1.82) is 0 Å². The topological polar surface area (TPSA) is 234 Å². The second kappa shape index (κ2) is 10.8. The van der Waals surface area contributed by atoms with E-state index in [0.717, 1.165) is 12.1 Å². The number of carbonyl (C=O) groups excluding carboxylic acids is 1. The van der Waals surface area contributed by atoms with Crippen molar-refractivity contribution < 1.29 is 64.0 Å². The van der Waals surface area contributed by atoms with E-state index in [2.05, 4.69) is 0 Å². The number of aromatic hydroxyl groups is 1. The Morgan fingerprint density at radius 1 is 1.05 bits per heavy atom. The van der Waals surface area contributed by atoms with E-state index in [0.29, 0.717) is 0 Å². The molecule has 0 bridgehead atoms. The van der Waals surface area contributed by atoms with E-state index in [1.807, 2.05) is 0 Å². The van der Waals surface area contributed by atoms with Crippen LogP contribution in [0.4, 0.5) is 0 Å². The molecule has 7 N–H and O–H groups in total. The summed E-state index contributed by atoms with van der Waals surface area (Å²) in [6, 6.07) is 2.07. The van der Waals surface area contributed by atoms with Crippen LogP contribution in [0.3, 0.4) is 0 Å². The minimum atomic E-state index is -1.76. The summed E-state index contributed by atoms with van der Waals surface area (Å²) < 4.78 is 21.6. The van der Waals surface area contributed by atoms with Crippen LogP contribution >= 0.6 is 0 Å². The van der Waals surface area contributed by atoms with Gasteiger partial charge in [-0.1, -0.05) is 6.08 Å². The molecule has 6 atom stereocenters. The standard InChI is InChI=1S/C24H23O14/c25-8-14-18(31)20(33)21(34)24(37-14)35-11-5-12(27)17-13(6-11)36-22(9-1-3-10(26)4-2-9)23(19(17)32)38-16(30)7-15(28)29/h1-6,9,14,18,20-21,24-27,31,33-34H,7-8H2,(H,28,29)/t14-,18-,20+,21-,24-/m1/s1. The van der Waals surface area contributed by atoms with E-state index >= 15 is 0 Å². The number of aliphatic carboxylic acids is 1. The van der Waals surface area contributed by atoms with Crippen molar-refractivity contribution in [3.63, 3.8) is 0 Å². The van der Waals surface area contributed by atoms with Gasteiger partial charge in [-0.15, -0.1) is 0 Å². The number of phenols is 1. The molecule has 38 heavy (non-hydrogen) atoms. The molecule has 0 saturated carbocycles. The van der Waals surface area contributed by atoms with Crippen molar-refractivity contribution in [1.82, 2.24) is 0 Å². The summed E-state index contributed by atoms with van der Waals surface area (Å²) >= 11 is 0. The fourth-order valence-electron chi connectivity index (χ4n) is 3.93. The number of rotatable bonds is 7. The van der Waals surface area contributed by atoms with Gasteiger partial charge in [-0.25, -0.2) is 0 Å². The summed E-state index contributed by atoms with van der Waals surface area (Å²) in [7, 11) is 0. The average molecular weight is 535 g/mol. The van der Waals surface area contributed by atoms with Crippen LogP contribution in [0.25, 0.3) is 11.0 Å². The SMILES string of the molecule is O=C(O)CC(=O)Oc1c(C2[CH]C=C(O)C=C2)oc2cc(O[C@@H]3O[C@H](CO)[C@@H](O)[C@H](O)[C@H]3O)cc(O)c2c1=O. The summed E-state index contributed by atoms with van der Waals surface area (Å²) in [6.45, 7) is -0.704. The van der Waals surface area contributed by atoms with E-state index in [-0.39, 0.29) is 22.9 Å². The highest BCUT2D eigenvalue weighted by molar-refractivity contribution is 5.92. The maximum atomic E-state index is 13.3. The number of carboxylic acid groups (broad SMARTS) is 1. The molecular formula is C24H23O14. The lowest BCUT2D eigenvalue weighted by atomic mass is 9.96. The summed E-state index contributed by atoms with van der Waals surface area (Å²) in [5, 5.41) is 68.1. The van der Waals surface area contributed by atoms with E-state index in [4.69, 9.17) is 23.7 Å². The molecule has 2 aromatic rings. The number of fused-ring (bicyclic) bond motifs is 1. The number of ether oxygens (including phenoxy) is 3. The van der Waals surface area contributed by atoms with Crippen LogP contribution in [-0.4, -0.2) is 85.0 Å². The molecule has 1 aliphatic carbocycles. The van der Waals surface area contributed by atoms with Crippen LogP contribution in [0, 0.1) is 6.42 Å². The smallest absolute Gasteiger partial charge is 0.322 e. The predicted molar refractivity (Wildman–Crippen MR) is 123 cm³/mol. The van der Waals surface area contributed by atoms with Gasteiger partial charge in [-0.05, 0) is 12.2 Å². The summed E-state index contributed by atoms with van der Waals surface area (Å²) in [4.78, 5) is 36.2. The zero-order valence-electron chi connectivity index (χ0n) is 19.3. The first-order valence-corrected chi connectivity index (χ1v) is 11.2. The molecular weight excluding hydrogens is 512 g/mol. The molecule has 2 heterocycles. The van der Waals surface area contributed by atoms with Gasteiger partial charge >= 0.3 is 11.9 Å². The zero-order valence-corrected chi connectivity index (χ0v) is 19.3. The first kappa shape index (κ1) is 27.1. The highest BCUT2D eigenvalue weighted by Crippen LogP contribution is 2.37. The molecule has 1 saturated heterocycles. The van der Waals surface area contributed by atoms with Gasteiger partial charge in [0.1, 0.15) is 59.1 Å². The van der Waals surface area contributed by atoms with Crippen molar-refractivity contribution in [2.75, 3.05) is 6.61 Å². The predicted octanol–water partition coefficient (Wildman–Crippen LogP) is -0.643. The molecule has 203 valence electrons. The number of aliphatic hydroxyl groups excluding tert-OH is 5. The number of hydrogen-bond donors (Lipinski definition) is 7. The molecule has 2 aliphatic rings. The largest absolute Gasteiger partial charge is 0.508 e. The molecule has 1 aliphatic heterocycles. The highest BCUT2D eigenvalue weighted by Gasteiger charge is 2.44. The number of benzene rings is 1. The molecule has 1 aromatic heterocycles. The Morgan fingerprint density at radius 3 is 2.42 bits per heavy atom. The van der Waals surface area contributed by atoms with Crippen molar-refractivity contribution in [3.05, 3.63) is 58.5 Å². The molecule has 1 aromatic carbocycles.